The molecule has 0 aromatic carbocycles. The Hall–Kier alpha value is -0.220. The number of hydrogen-bond donors (Lipinski definition) is 1. The number of halogens is 2. The van der Waals surface area contributed by atoms with Crippen LogP contribution in [0.2, 0.25) is 0 Å². The van der Waals surface area contributed by atoms with Gasteiger partial charge in [-0.3, -0.25) is 5.73 Å². The Balaban J connectivity index is 3.59. The van der Waals surface area contributed by atoms with Crippen molar-refractivity contribution >= 4 is 0 Å². The fourth-order valence-electron chi connectivity index (χ4n) is 0.309. The molecule has 0 amide bonds. The highest BCUT2D eigenvalue weighted by Gasteiger charge is 2.29. The second-order valence-corrected chi connectivity index (χ2v) is 2.07. The topological polar surface area (TPSA) is 35.2 Å². The molecule has 0 radical (unpaired) electrons. The molecule has 0 aliphatic rings. The summed E-state index contributed by atoms with van der Waals surface area (Å²) in [6.45, 7) is 0.667. The lowest BCUT2D eigenvalue weighted by Crippen LogP contribution is -2.43. The molecular weight excluding hydrogens is 128 g/mol. The fourth-order valence-corrected chi connectivity index (χ4v) is 0.309. The first-order valence-electron chi connectivity index (χ1n) is 2.59. The van der Waals surface area contributed by atoms with E-state index in [2.05, 4.69) is 4.74 Å². The molecule has 2 atom stereocenters. The van der Waals surface area contributed by atoms with Crippen LogP contribution in [-0.4, -0.2) is 25.7 Å². The van der Waals surface area contributed by atoms with Gasteiger partial charge in [-0.05, 0) is 6.92 Å². The predicted octanol–water partition coefficient (Wildman–Crippen LogP) is 0.615. The summed E-state index contributed by atoms with van der Waals surface area (Å²) in [7, 11) is 1.29. The SMILES string of the molecule is COCC(F)C(C)(N)F. The molecule has 0 aromatic heterocycles. The van der Waals surface area contributed by atoms with Gasteiger partial charge in [-0.2, -0.15) is 0 Å². The Labute approximate surface area is 53.0 Å². The number of methoxy groups -OCH3 is 1. The van der Waals surface area contributed by atoms with Gasteiger partial charge in [-0.1, -0.05) is 0 Å². The summed E-state index contributed by atoms with van der Waals surface area (Å²) in [6, 6.07) is 0. The molecule has 0 fully saturated rings. The average molecular weight is 139 g/mol. The van der Waals surface area contributed by atoms with Gasteiger partial charge >= 0.3 is 0 Å². The van der Waals surface area contributed by atoms with Crippen LogP contribution in [0.1, 0.15) is 6.92 Å². The van der Waals surface area contributed by atoms with Crippen LogP contribution >= 0.6 is 0 Å². The Morgan fingerprint density at radius 3 is 2.33 bits per heavy atom. The van der Waals surface area contributed by atoms with Crippen LogP contribution in [0.15, 0.2) is 0 Å². The van der Waals surface area contributed by atoms with Crippen molar-refractivity contribution in [3.8, 4) is 0 Å². The highest BCUT2D eigenvalue weighted by atomic mass is 19.2. The summed E-state index contributed by atoms with van der Waals surface area (Å²) in [5.41, 5.74) is 4.74. The van der Waals surface area contributed by atoms with Crippen molar-refractivity contribution in [2.24, 2.45) is 5.73 Å². The lowest BCUT2D eigenvalue weighted by Gasteiger charge is -2.17. The van der Waals surface area contributed by atoms with Gasteiger partial charge in [-0.15, -0.1) is 0 Å². The standard InChI is InChI=1S/C5H11F2NO/c1-5(7,8)4(6)3-9-2/h4H,3,8H2,1-2H3. The van der Waals surface area contributed by atoms with E-state index in [9.17, 15) is 8.78 Å². The molecule has 9 heavy (non-hydrogen) atoms. The lowest BCUT2D eigenvalue weighted by atomic mass is 10.2. The van der Waals surface area contributed by atoms with Gasteiger partial charge in [0, 0.05) is 7.11 Å². The van der Waals surface area contributed by atoms with Crippen molar-refractivity contribution < 1.29 is 13.5 Å². The van der Waals surface area contributed by atoms with E-state index >= 15 is 0 Å². The third-order valence-corrected chi connectivity index (χ3v) is 0.925. The number of hydrogen-bond acceptors (Lipinski definition) is 2. The fraction of sp³-hybridized carbons (Fsp3) is 1.00. The van der Waals surface area contributed by atoms with Gasteiger partial charge in [0.05, 0.1) is 6.61 Å². The minimum absolute atomic E-state index is 0.302. The average Bonchev–Trinajstić information content (AvgIpc) is 1.64. The summed E-state index contributed by atoms with van der Waals surface area (Å²) >= 11 is 0. The molecular formula is C5H11F2NO. The van der Waals surface area contributed by atoms with Gasteiger partial charge in [-0.25, -0.2) is 8.78 Å². The minimum atomic E-state index is -2.28. The number of nitrogens with two attached hydrogens (primary N) is 1. The maximum Gasteiger partial charge on any atom is 0.190 e. The first-order valence-corrected chi connectivity index (χ1v) is 2.59. The molecule has 0 saturated carbocycles. The predicted molar refractivity (Wildman–Crippen MR) is 30.5 cm³/mol. The third-order valence-electron chi connectivity index (χ3n) is 0.925. The normalized spacial score (nSPS) is 21.0. The van der Waals surface area contributed by atoms with Crippen LogP contribution in [0, 0.1) is 0 Å². The molecule has 2 nitrogen and oxygen atoms in total. The first kappa shape index (κ1) is 8.78. The van der Waals surface area contributed by atoms with E-state index in [-0.39, 0.29) is 6.61 Å². The van der Waals surface area contributed by atoms with Gasteiger partial charge in [0.1, 0.15) is 0 Å². The van der Waals surface area contributed by atoms with Crippen molar-refractivity contribution in [2.75, 3.05) is 13.7 Å². The number of alkyl halides is 2. The van der Waals surface area contributed by atoms with Crippen LogP contribution < -0.4 is 5.73 Å². The second kappa shape index (κ2) is 3.08. The van der Waals surface area contributed by atoms with E-state index in [1.54, 1.807) is 0 Å². The molecule has 0 aromatic rings. The van der Waals surface area contributed by atoms with Gasteiger partial charge in [0.15, 0.2) is 12.0 Å². The van der Waals surface area contributed by atoms with Crippen LogP contribution in [0.5, 0.6) is 0 Å². The summed E-state index contributed by atoms with van der Waals surface area (Å²) in [5, 5.41) is 0. The van der Waals surface area contributed by atoms with Gasteiger partial charge in [0.25, 0.3) is 0 Å². The number of rotatable bonds is 3. The highest BCUT2D eigenvalue weighted by Crippen LogP contribution is 2.11. The molecule has 56 valence electrons. The van der Waals surface area contributed by atoms with Crippen molar-refractivity contribution in [3.63, 3.8) is 0 Å². The van der Waals surface area contributed by atoms with E-state index in [1.165, 1.54) is 7.11 Å². The summed E-state index contributed by atoms with van der Waals surface area (Å²) in [6.07, 6.45) is -1.75. The number of ether oxygens (including phenoxy) is 1. The Morgan fingerprint density at radius 2 is 2.22 bits per heavy atom. The van der Waals surface area contributed by atoms with Crippen molar-refractivity contribution in [1.82, 2.24) is 0 Å². The summed E-state index contributed by atoms with van der Waals surface area (Å²) in [4.78, 5) is 0. The van der Waals surface area contributed by atoms with Crippen LogP contribution in [0.25, 0.3) is 0 Å². The monoisotopic (exact) mass is 139 g/mol. The zero-order chi connectivity index (χ0) is 7.49. The molecule has 0 spiro atoms. The molecule has 0 saturated heterocycles. The van der Waals surface area contributed by atoms with Crippen LogP contribution in [-0.2, 0) is 4.74 Å². The van der Waals surface area contributed by atoms with E-state index in [0.29, 0.717) is 0 Å². The third kappa shape index (κ3) is 3.37. The molecule has 4 heteroatoms. The maximum atomic E-state index is 12.3. The Kier molecular flexibility index (Phi) is 3.00. The molecule has 2 unspecified atom stereocenters. The van der Waals surface area contributed by atoms with Crippen molar-refractivity contribution in [1.29, 1.82) is 0 Å². The zero-order valence-corrected chi connectivity index (χ0v) is 5.53. The van der Waals surface area contributed by atoms with Crippen LogP contribution in [0.4, 0.5) is 8.78 Å². The highest BCUT2D eigenvalue weighted by molar-refractivity contribution is 4.74. The van der Waals surface area contributed by atoms with Gasteiger partial charge < -0.3 is 4.74 Å². The molecule has 0 aliphatic heterocycles. The maximum absolute atomic E-state index is 12.3. The quantitative estimate of drug-likeness (QED) is 0.581. The van der Waals surface area contributed by atoms with Crippen molar-refractivity contribution in [2.45, 2.75) is 18.9 Å². The smallest absolute Gasteiger partial charge is 0.190 e. The van der Waals surface area contributed by atoms with E-state index in [1.807, 2.05) is 0 Å². The minimum Gasteiger partial charge on any atom is -0.381 e. The summed E-state index contributed by atoms with van der Waals surface area (Å²) in [5.74, 6) is -2.28. The van der Waals surface area contributed by atoms with Crippen molar-refractivity contribution in [3.05, 3.63) is 0 Å². The Bertz CT molecular complexity index is 81.5. The summed E-state index contributed by atoms with van der Waals surface area (Å²) < 4.78 is 28.9. The molecule has 0 aliphatic carbocycles. The van der Waals surface area contributed by atoms with Gasteiger partial charge in [0.2, 0.25) is 0 Å². The van der Waals surface area contributed by atoms with Crippen LogP contribution in [0.3, 0.4) is 0 Å². The Morgan fingerprint density at radius 1 is 1.78 bits per heavy atom. The largest absolute Gasteiger partial charge is 0.381 e. The molecule has 2 N–H and O–H groups in total. The molecule has 0 heterocycles. The molecule has 0 bridgehead atoms. The zero-order valence-electron chi connectivity index (χ0n) is 5.53. The van der Waals surface area contributed by atoms with E-state index in [4.69, 9.17) is 5.73 Å². The second-order valence-electron chi connectivity index (χ2n) is 2.07. The first-order chi connectivity index (χ1) is 3.98. The lowest BCUT2D eigenvalue weighted by molar-refractivity contribution is 0.0152. The van der Waals surface area contributed by atoms with E-state index < -0.39 is 12.0 Å². The molecule has 0 rings (SSSR count). The van der Waals surface area contributed by atoms with E-state index in [0.717, 1.165) is 6.92 Å².